The molecule has 6 nitrogen and oxygen atoms in total. The molecule has 15 heavy (non-hydrogen) atoms. The highest BCUT2D eigenvalue weighted by molar-refractivity contribution is 5.74. The molecule has 82 valence electrons. The molecule has 1 heterocycles. The number of methoxy groups -OCH3 is 1. The number of hydrogen-bond donors (Lipinski definition) is 1. The Labute approximate surface area is 86.9 Å². The van der Waals surface area contributed by atoms with Crippen LogP contribution in [-0.2, 0) is 16.1 Å². The zero-order valence-electron chi connectivity index (χ0n) is 8.46. The molecule has 1 N–H and O–H groups in total. The summed E-state index contributed by atoms with van der Waals surface area (Å²) in [5.74, 6) is -0.238. The smallest absolute Gasteiger partial charge is 0.307 e. The van der Waals surface area contributed by atoms with E-state index in [1.54, 1.807) is 13.4 Å². The van der Waals surface area contributed by atoms with Gasteiger partial charge in [0.2, 0.25) is 0 Å². The summed E-state index contributed by atoms with van der Waals surface area (Å²) >= 11 is 0. The van der Waals surface area contributed by atoms with E-state index < -0.39 is 5.97 Å². The fraction of sp³-hybridized carbons (Fsp3) is 0.667. The zero-order valence-corrected chi connectivity index (χ0v) is 8.46. The van der Waals surface area contributed by atoms with E-state index in [1.807, 2.05) is 4.57 Å². The molecule has 6 heteroatoms. The van der Waals surface area contributed by atoms with Gasteiger partial charge in [0.15, 0.2) is 0 Å². The SMILES string of the molecule is COCCn1cnnc1C1CC1C(=O)O. The highest BCUT2D eigenvalue weighted by Crippen LogP contribution is 2.46. The summed E-state index contributed by atoms with van der Waals surface area (Å²) in [4.78, 5) is 10.7. The topological polar surface area (TPSA) is 77.2 Å². The number of carbonyl (C=O) groups is 1. The molecule has 2 atom stereocenters. The van der Waals surface area contributed by atoms with E-state index in [0.29, 0.717) is 19.6 Å². The molecule has 0 aliphatic heterocycles. The first kappa shape index (κ1) is 10.1. The average Bonchev–Trinajstić information content (AvgIpc) is 2.88. The highest BCUT2D eigenvalue weighted by Gasteiger charge is 2.47. The van der Waals surface area contributed by atoms with E-state index >= 15 is 0 Å². The molecule has 0 saturated heterocycles. The van der Waals surface area contributed by atoms with Crippen molar-refractivity contribution in [3.05, 3.63) is 12.2 Å². The van der Waals surface area contributed by atoms with E-state index in [4.69, 9.17) is 9.84 Å². The minimum atomic E-state index is -0.749. The predicted molar refractivity (Wildman–Crippen MR) is 50.4 cm³/mol. The van der Waals surface area contributed by atoms with Crippen LogP contribution in [0, 0.1) is 5.92 Å². The number of ether oxygens (including phenoxy) is 1. The first-order chi connectivity index (χ1) is 7.24. The maximum Gasteiger partial charge on any atom is 0.307 e. The third-order valence-corrected chi connectivity index (χ3v) is 2.62. The molecule has 0 amide bonds. The third-order valence-electron chi connectivity index (χ3n) is 2.62. The number of carboxylic acid groups (broad SMARTS) is 1. The molecule has 1 aromatic heterocycles. The Hall–Kier alpha value is -1.43. The molecule has 0 bridgehead atoms. The number of aliphatic carboxylic acids is 1. The Balaban J connectivity index is 2.03. The van der Waals surface area contributed by atoms with E-state index in [2.05, 4.69) is 10.2 Å². The molecule has 1 aromatic rings. The van der Waals surface area contributed by atoms with Crippen LogP contribution in [0.15, 0.2) is 6.33 Å². The van der Waals surface area contributed by atoms with Gasteiger partial charge < -0.3 is 14.4 Å². The lowest BCUT2D eigenvalue weighted by molar-refractivity contribution is -0.138. The van der Waals surface area contributed by atoms with Crippen LogP contribution in [0.3, 0.4) is 0 Å². The maximum atomic E-state index is 10.7. The summed E-state index contributed by atoms with van der Waals surface area (Å²) in [7, 11) is 1.63. The highest BCUT2D eigenvalue weighted by atomic mass is 16.5. The molecular weight excluding hydrogens is 198 g/mol. The minimum Gasteiger partial charge on any atom is -0.481 e. The number of aromatic nitrogens is 3. The monoisotopic (exact) mass is 211 g/mol. The lowest BCUT2D eigenvalue weighted by Crippen LogP contribution is -2.08. The van der Waals surface area contributed by atoms with Crippen molar-refractivity contribution in [2.75, 3.05) is 13.7 Å². The Morgan fingerprint density at radius 3 is 3.20 bits per heavy atom. The number of carboxylic acids is 1. The van der Waals surface area contributed by atoms with Gasteiger partial charge in [0.1, 0.15) is 12.2 Å². The second-order valence-electron chi connectivity index (χ2n) is 3.66. The molecule has 1 aliphatic rings. The molecule has 1 aliphatic carbocycles. The van der Waals surface area contributed by atoms with Crippen LogP contribution in [0.5, 0.6) is 0 Å². The van der Waals surface area contributed by atoms with Crippen LogP contribution in [0.4, 0.5) is 0 Å². The van der Waals surface area contributed by atoms with Crippen molar-refractivity contribution in [3.8, 4) is 0 Å². The van der Waals surface area contributed by atoms with Gasteiger partial charge in [-0.1, -0.05) is 0 Å². The zero-order chi connectivity index (χ0) is 10.8. The standard InChI is InChI=1S/C9H13N3O3/c1-15-3-2-12-5-10-11-8(12)6-4-7(6)9(13)14/h5-7H,2-4H2,1H3,(H,13,14). The number of nitrogens with zero attached hydrogens (tertiary/aromatic N) is 3. The van der Waals surface area contributed by atoms with Gasteiger partial charge in [-0.2, -0.15) is 0 Å². The molecular formula is C9H13N3O3. The van der Waals surface area contributed by atoms with Crippen LogP contribution >= 0.6 is 0 Å². The molecule has 0 aromatic carbocycles. The Morgan fingerprint density at radius 1 is 1.80 bits per heavy atom. The summed E-state index contributed by atoms with van der Waals surface area (Å²) in [6.07, 6.45) is 2.28. The summed E-state index contributed by atoms with van der Waals surface area (Å²) in [6.45, 7) is 1.25. The van der Waals surface area contributed by atoms with Gasteiger partial charge in [0.25, 0.3) is 0 Å². The van der Waals surface area contributed by atoms with Gasteiger partial charge in [0.05, 0.1) is 12.5 Å². The lowest BCUT2D eigenvalue weighted by Gasteiger charge is -2.04. The van der Waals surface area contributed by atoms with E-state index in [0.717, 1.165) is 5.82 Å². The lowest BCUT2D eigenvalue weighted by atomic mass is 10.3. The predicted octanol–water partition coefficient (Wildman–Crippen LogP) is 0.113. The minimum absolute atomic E-state index is 0.0295. The van der Waals surface area contributed by atoms with Crippen molar-refractivity contribution in [1.29, 1.82) is 0 Å². The van der Waals surface area contributed by atoms with Gasteiger partial charge >= 0.3 is 5.97 Å². The molecule has 2 rings (SSSR count). The van der Waals surface area contributed by atoms with Gasteiger partial charge in [-0.05, 0) is 6.42 Å². The average molecular weight is 211 g/mol. The Bertz CT molecular complexity index is 363. The third kappa shape index (κ3) is 1.99. The normalized spacial score (nSPS) is 24.1. The molecule has 1 fully saturated rings. The van der Waals surface area contributed by atoms with E-state index in [-0.39, 0.29) is 11.8 Å². The molecule has 1 saturated carbocycles. The van der Waals surface area contributed by atoms with Crippen molar-refractivity contribution in [1.82, 2.24) is 14.8 Å². The van der Waals surface area contributed by atoms with Crippen LogP contribution < -0.4 is 0 Å². The number of rotatable bonds is 5. The van der Waals surface area contributed by atoms with E-state index in [9.17, 15) is 4.79 Å². The van der Waals surface area contributed by atoms with Crippen LogP contribution in [-0.4, -0.2) is 39.6 Å². The maximum absolute atomic E-state index is 10.7. The second-order valence-corrected chi connectivity index (χ2v) is 3.66. The summed E-state index contributed by atoms with van der Waals surface area (Å²) in [5.41, 5.74) is 0. The van der Waals surface area contributed by atoms with Crippen molar-refractivity contribution in [2.45, 2.75) is 18.9 Å². The van der Waals surface area contributed by atoms with Crippen molar-refractivity contribution >= 4 is 5.97 Å². The van der Waals surface area contributed by atoms with Crippen LogP contribution in [0.2, 0.25) is 0 Å². The molecule has 2 unspecified atom stereocenters. The fourth-order valence-corrected chi connectivity index (χ4v) is 1.67. The number of hydrogen-bond acceptors (Lipinski definition) is 4. The fourth-order valence-electron chi connectivity index (χ4n) is 1.67. The summed E-state index contributed by atoms with van der Waals surface area (Å²) in [6, 6.07) is 0. The largest absolute Gasteiger partial charge is 0.481 e. The second kappa shape index (κ2) is 3.98. The summed E-state index contributed by atoms with van der Waals surface area (Å²) in [5, 5.41) is 16.6. The van der Waals surface area contributed by atoms with Gasteiger partial charge in [-0.3, -0.25) is 4.79 Å². The summed E-state index contributed by atoms with van der Waals surface area (Å²) < 4.78 is 6.81. The van der Waals surface area contributed by atoms with Gasteiger partial charge in [0, 0.05) is 19.6 Å². The Kier molecular flexibility index (Phi) is 2.68. The first-order valence-electron chi connectivity index (χ1n) is 4.83. The van der Waals surface area contributed by atoms with Gasteiger partial charge in [-0.15, -0.1) is 10.2 Å². The molecule has 0 radical (unpaired) electrons. The quantitative estimate of drug-likeness (QED) is 0.748. The van der Waals surface area contributed by atoms with E-state index in [1.165, 1.54) is 0 Å². The van der Waals surface area contributed by atoms with Crippen molar-refractivity contribution < 1.29 is 14.6 Å². The van der Waals surface area contributed by atoms with Crippen molar-refractivity contribution in [2.24, 2.45) is 5.92 Å². The van der Waals surface area contributed by atoms with Gasteiger partial charge in [-0.25, -0.2) is 0 Å². The van der Waals surface area contributed by atoms with Crippen molar-refractivity contribution in [3.63, 3.8) is 0 Å². The Morgan fingerprint density at radius 2 is 2.60 bits per heavy atom. The first-order valence-corrected chi connectivity index (χ1v) is 4.83. The van der Waals surface area contributed by atoms with Crippen LogP contribution in [0.1, 0.15) is 18.2 Å². The van der Waals surface area contributed by atoms with Crippen LogP contribution in [0.25, 0.3) is 0 Å². The molecule has 0 spiro atoms.